The highest BCUT2D eigenvalue weighted by atomic mass is 35.5. The zero-order valence-electron chi connectivity index (χ0n) is 12.4. The Balaban J connectivity index is 1.78. The van der Waals surface area contributed by atoms with Gasteiger partial charge in [-0.05, 0) is 60.5 Å². The zero-order valence-corrected chi connectivity index (χ0v) is 13.2. The molecule has 1 N–H and O–H groups in total. The summed E-state index contributed by atoms with van der Waals surface area (Å²) < 4.78 is 0. The summed E-state index contributed by atoms with van der Waals surface area (Å²) in [6.07, 6.45) is 10.0. The van der Waals surface area contributed by atoms with E-state index in [0.717, 1.165) is 17.3 Å². The van der Waals surface area contributed by atoms with Crippen molar-refractivity contribution in [1.82, 2.24) is 10.3 Å². The summed E-state index contributed by atoms with van der Waals surface area (Å²) in [5, 5.41) is 4.34. The molecule has 1 aliphatic rings. The van der Waals surface area contributed by atoms with Crippen LogP contribution in [0.4, 0.5) is 5.69 Å². The third-order valence-corrected chi connectivity index (χ3v) is 3.94. The summed E-state index contributed by atoms with van der Waals surface area (Å²) in [6, 6.07) is 11.9. The smallest absolute Gasteiger partial charge is 0.106 e. The SMILES string of the molecule is CC1=CC=CN(c2ccc(Cl)cc2)C1NCc1ccncc1. The van der Waals surface area contributed by atoms with Crippen LogP contribution in [0.15, 0.2) is 72.7 Å². The van der Waals surface area contributed by atoms with E-state index in [4.69, 9.17) is 11.6 Å². The van der Waals surface area contributed by atoms with E-state index in [1.165, 1.54) is 11.1 Å². The van der Waals surface area contributed by atoms with Gasteiger partial charge in [-0.15, -0.1) is 0 Å². The molecule has 3 nitrogen and oxygen atoms in total. The zero-order chi connectivity index (χ0) is 15.4. The van der Waals surface area contributed by atoms with Crippen LogP contribution in [0.3, 0.4) is 0 Å². The Morgan fingerprint density at radius 3 is 2.59 bits per heavy atom. The Kier molecular flexibility index (Phi) is 4.56. The molecule has 0 saturated carbocycles. The van der Waals surface area contributed by atoms with Crippen LogP contribution in [0, 0.1) is 0 Å². The van der Waals surface area contributed by atoms with Crippen LogP contribution in [-0.4, -0.2) is 11.1 Å². The van der Waals surface area contributed by atoms with Gasteiger partial charge >= 0.3 is 0 Å². The highest BCUT2D eigenvalue weighted by molar-refractivity contribution is 6.30. The van der Waals surface area contributed by atoms with Crippen molar-refractivity contribution >= 4 is 17.3 Å². The lowest BCUT2D eigenvalue weighted by molar-refractivity contribution is 0.567. The Morgan fingerprint density at radius 1 is 1.14 bits per heavy atom. The van der Waals surface area contributed by atoms with Gasteiger partial charge in [0.15, 0.2) is 0 Å². The van der Waals surface area contributed by atoms with Crippen molar-refractivity contribution in [3.63, 3.8) is 0 Å². The first kappa shape index (κ1) is 14.8. The normalized spacial score (nSPS) is 17.5. The van der Waals surface area contributed by atoms with Crippen molar-refractivity contribution < 1.29 is 0 Å². The van der Waals surface area contributed by atoms with E-state index in [1.54, 1.807) is 0 Å². The lowest BCUT2D eigenvalue weighted by Crippen LogP contribution is -2.44. The molecule has 1 aromatic heterocycles. The Bertz CT molecular complexity index is 677. The van der Waals surface area contributed by atoms with Gasteiger partial charge in [-0.2, -0.15) is 0 Å². The molecule has 0 bridgehead atoms. The highest BCUT2D eigenvalue weighted by Gasteiger charge is 2.20. The maximum Gasteiger partial charge on any atom is 0.106 e. The van der Waals surface area contributed by atoms with Gasteiger partial charge < -0.3 is 4.90 Å². The van der Waals surface area contributed by atoms with Gasteiger partial charge in [-0.3, -0.25) is 10.3 Å². The fraction of sp³-hybridized carbons (Fsp3) is 0.167. The third kappa shape index (κ3) is 3.38. The van der Waals surface area contributed by atoms with Crippen molar-refractivity contribution in [2.75, 3.05) is 4.90 Å². The predicted molar refractivity (Wildman–Crippen MR) is 91.7 cm³/mol. The molecule has 0 saturated heterocycles. The van der Waals surface area contributed by atoms with Gasteiger partial charge in [-0.1, -0.05) is 17.7 Å². The number of allylic oxidation sites excluding steroid dienone is 2. The number of anilines is 1. The van der Waals surface area contributed by atoms with Crippen molar-refractivity contribution in [1.29, 1.82) is 0 Å². The minimum Gasteiger partial charge on any atom is -0.328 e. The quantitative estimate of drug-likeness (QED) is 0.920. The van der Waals surface area contributed by atoms with E-state index in [9.17, 15) is 0 Å². The van der Waals surface area contributed by atoms with E-state index in [2.05, 4.69) is 40.5 Å². The Hall–Kier alpha value is -2.10. The number of rotatable bonds is 4. The van der Waals surface area contributed by atoms with Gasteiger partial charge in [0.05, 0.1) is 0 Å². The first-order valence-electron chi connectivity index (χ1n) is 7.25. The monoisotopic (exact) mass is 311 g/mol. The third-order valence-electron chi connectivity index (χ3n) is 3.69. The molecule has 112 valence electrons. The fourth-order valence-electron chi connectivity index (χ4n) is 2.51. The van der Waals surface area contributed by atoms with Crippen LogP contribution < -0.4 is 10.2 Å². The van der Waals surface area contributed by atoms with Crippen LogP contribution in [0.5, 0.6) is 0 Å². The molecule has 1 aromatic carbocycles. The lowest BCUT2D eigenvalue weighted by Gasteiger charge is -2.34. The minimum absolute atomic E-state index is 0.124. The highest BCUT2D eigenvalue weighted by Crippen LogP contribution is 2.25. The number of hydrogen-bond donors (Lipinski definition) is 1. The molecule has 2 heterocycles. The van der Waals surface area contributed by atoms with Gasteiger partial charge in [0.2, 0.25) is 0 Å². The summed E-state index contributed by atoms with van der Waals surface area (Å²) in [5.74, 6) is 0. The second-order valence-corrected chi connectivity index (χ2v) is 5.71. The van der Waals surface area contributed by atoms with Crippen LogP contribution in [-0.2, 0) is 6.54 Å². The predicted octanol–water partition coefficient (Wildman–Crippen LogP) is 4.13. The number of aromatic nitrogens is 1. The van der Waals surface area contributed by atoms with Crippen LogP contribution in [0.2, 0.25) is 5.02 Å². The minimum atomic E-state index is 0.124. The topological polar surface area (TPSA) is 28.2 Å². The number of nitrogens with one attached hydrogen (secondary N) is 1. The average molecular weight is 312 g/mol. The van der Waals surface area contributed by atoms with Gasteiger partial charge in [0.1, 0.15) is 6.17 Å². The molecule has 2 aromatic rings. The van der Waals surface area contributed by atoms with Crippen molar-refractivity contribution in [2.45, 2.75) is 19.6 Å². The van der Waals surface area contributed by atoms with E-state index in [1.807, 2.05) is 48.8 Å². The van der Waals surface area contributed by atoms with Gasteiger partial charge in [-0.25, -0.2) is 0 Å². The molecule has 1 aliphatic heterocycles. The first-order chi connectivity index (χ1) is 10.7. The van der Waals surface area contributed by atoms with E-state index in [0.29, 0.717) is 0 Å². The average Bonchev–Trinajstić information content (AvgIpc) is 2.55. The van der Waals surface area contributed by atoms with Crippen LogP contribution in [0.25, 0.3) is 0 Å². The largest absolute Gasteiger partial charge is 0.328 e. The first-order valence-corrected chi connectivity index (χ1v) is 7.63. The Labute approximate surface area is 135 Å². The van der Waals surface area contributed by atoms with E-state index in [-0.39, 0.29) is 6.17 Å². The molecule has 1 atom stereocenters. The second kappa shape index (κ2) is 6.77. The summed E-state index contributed by atoms with van der Waals surface area (Å²) in [5.41, 5.74) is 3.60. The van der Waals surface area contributed by atoms with Crippen LogP contribution >= 0.6 is 11.6 Å². The molecule has 0 fully saturated rings. The summed E-state index contributed by atoms with van der Waals surface area (Å²) in [4.78, 5) is 6.27. The van der Waals surface area contributed by atoms with E-state index >= 15 is 0 Å². The van der Waals surface area contributed by atoms with Crippen molar-refractivity contribution in [2.24, 2.45) is 0 Å². The molecule has 22 heavy (non-hydrogen) atoms. The molecule has 1 unspecified atom stereocenters. The molecule has 4 heteroatoms. The Morgan fingerprint density at radius 2 is 1.86 bits per heavy atom. The molecule has 3 rings (SSSR count). The maximum absolute atomic E-state index is 5.99. The lowest BCUT2D eigenvalue weighted by atomic mass is 10.1. The summed E-state index contributed by atoms with van der Waals surface area (Å²) in [6.45, 7) is 2.92. The standard InChI is InChI=1S/C18H18ClN3/c1-14-3-2-12-22(17-6-4-16(19)5-7-17)18(14)21-13-15-8-10-20-11-9-15/h2-12,18,21H,13H2,1H3. The number of halogens is 1. The van der Waals surface area contributed by atoms with Crippen molar-refractivity contribution in [3.05, 3.63) is 83.3 Å². The molecular formula is C18H18ClN3. The van der Waals surface area contributed by atoms with Gasteiger partial charge in [0.25, 0.3) is 0 Å². The number of nitrogens with zero attached hydrogens (tertiary/aromatic N) is 2. The summed E-state index contributed by atoms with van der Waals surface area (Å²) in [7, 11) is 0. The maximum atomic E-state index is 5.99. The molecule has 0 aliphatic carbocycles. The number of benzene rings is 1. The summed E-state index contributed by atoms with van der Waals surface area (Å²) >= 11 is 5.99. The van der Waals surface area contributed by atoms with E-state index < -0.39 is 0 Å². The van der Waals surface area contributed by atoms with Gasteiger partial charge in [0, 0.05) is 35.8 Å². The number of hydrogen-bond acceptors (Lipinski definition) is 3. The van der Waals surface area contributed by atoms with Crippen molar-refractivity contribution in [3.8, 4) is 0 Å². The number of pyridine rings is 1. The molecular weight excluding hydrogens is 294 g/mol. The molecule has 0 radical (unpaired) electrons. The van der Waals surface area contributed by atoms with Crippen LogP contribution in [0.1, 0.15) is 12.5 Å². The molecule has 0 spiro atoms. The molecule has 0 amide bonds. The fourth-order valence-corrected chi connectivity index (χ4v) is 2.63. The second-order valence-electron chi connectivity index (χ2n) is 5.27.